The summed E-state index contributed by atoms with van der Waals surface area (Å²) < 4.78 is 6.22. The van der Waals surface area contributed by atoms with Crippen LogP contribution in [-0.4, -0.2) is 29.9 Å². The molecule has 0 saturated heterocycles. The lowest BCUT2D eigenvalue weighted by Crippen LogP contribution is -2.46. The molecule has 3 rings (SSSR count). The van der Waals surface area contributed by atoms with E-state index in [2.05, 4.69) is 82.4 Å². The van der Waals surface area contributed by atoms with Crippen LogP contribution in [0, 0.1) is 26.7 Å². The Kier molecular flexibility index (Phi) is 7.15. The molecule has 1 aliphatic rings. The number of benzene rings is 2. The maximum absolute atomic E-state index is 10.5. The molecule has 2 aromatic rings. The quantitative estimate of drug-likeness (QED) is 0.591. The summed E-state index contributed by atoms with van der Waals surface area (Å²) in [6, 6.07) is 15.1. The van der Waals surface area contributed by atoms with E-state index in [1.54, 1.807) is 0 Å². The molecule has 0 heterocycles. The van der Waals surface area contributed by atoms with Gasteiger partial charge in [-0.25, -0.2) is 0 Å². The second kappa shape index (κ2) is 9.42. The fourth-order valence-corrected chi connectivity index (χ4v) is 3.94. The summed E-state index contributed by atoms with van der Waals surface area (Å²) >= 11 is 0. The maximum atomic E-state index is 10.5. The molecule has 29 heavy (non-hydrogen) atoms. The van der Waals surface area contributed by atoms with Crippen LogP contribution in [0.4, 0.5) is 0 Å². The van der Waals surface area contributed by atoms with Gasteiger partial charge in [-0.05, 0) is 87.6 Å². The molecule has 0 aromatic heterocycles. The van der Waals surface area contributed by atoms with Crippen molar-refractivity contribution in [3.63, 3.8) is 0 Å². The zero-order chi connectivity index (χ0) is 21.0. The molecule has 0 spiro atoms. The van der Waals surface area contributed by atoms with Gasteiger partial charge in [-0.1, -0.05) is 42.5 Å². The Morgan fingerprint density at radius 3 is 2.41 bits per heavy atom. The molecule has 1 aliphatic carbocycles. The highest BCUT2D eigenvalue weighted by Crippen LogP contribution is 2.44. The highest BCUT2D eigenvalue weighted by atomic mass is 16.5. The van der Waals surface area contributed by atoms with Gasteiger partial charge in [-0.2, -0.15) is 0 Å². The summed E-state index contributed by atoms with van der Waals surface area (Å²) in [5.74, 6) is 0.595. The average Bonchev–Trinajstić information content (AvgIpc) is 3.50. The lowest BCUT2D eigenvalue weighted by Gasteiger charge is -2.29. The van der Waals surface area contributed by atoms with Crippen LogP contribution in [0.3, 0.4) is 0 Å². The third kappa shape index (κ3) is 6.40. The fraction of sp³-hybridized carbons (Fsp3) is 0.538. The van der Waals surface area contributed by atoms with Gasteiger partial charge in [0.1, 0.15) is 0 Å². The largest absolute Gasteiger partial charge is 0.389 e. The summed E-state index contributed by atoms with van der Waals surface area (Å²) in [5.41, 5.74) is 6.43. The molecule has 158 valence electrons. The van der Waals surface area contributed by atoms with Crippen LogP contribution in [0.1, 0.15) is 60.6 Å². The Hall–Kier alpha value is -1.68. The van der Waals surface area contributed by atoms with E-state index < -0.39 is 6.10 Å². The molecular weight excluding hydrogens is 358 g/mol. The maximum Gasteiger partial charge on any atom is 0.0898 e. The smallest absolute Gasteiger partial charge is 0.0898 e. The van der Waals surface area contributed by atoms with Crippen LogP contribution in [0.25, 0.3) is 0 Å². The molecule has 0 aliphatic heterocycles. The Morgan fingerprint density at radius 2 is 1.76 bits per heavy atom. The minimum atomic E-state index is -0.515. The van der Waals surface area contributed by atoms with Gasteiger partial charge in [0, 0.05) is 12.1 Å². The summed E-state index contributed by atoms with van der Waals surface area (Å²) in [7, 11) is 0. The predicted octanol–water partition coefficient (Wildman–Crippen LogP) is 5.05. The Labute approximate surface area is 176 Å². The van der Waals surface area contributed by atoms with Gasteiger partial charge in [0.25, 0.3) is 0 Å². The van der Waals surface area contributed by atoms with Crippen molar-refractivity contribution in [3.05, 3.63) is 70.3 Å². The van der Waals surface area contributed by atoms with Crippen LogP contribution in [-0.2, 0) is 11.2 Å². The first-order chi connectivity index (χ1) is 13.7. The van der Waals surface area contributed by atoms with E-state index in [4.69, 9.17) is 4.74 Å². The number of ether oxygens (including phenoxy) is 1. The normalized spacial score (nSPS) is 16.6. The molecule has 0 amide bonds. The van der Waals surface area contributed by atoms with Crippen molar-refractivity contribution in [1.29, 1.82) is 0 Å². The Balaban J connectivity index is 1.50. The first kappa shape index (κ1) is 22.0. The monoisotopic (exact) mass is 395 g/mol. The second-order valence-corrected chi connectivity index (χ2v) is 9.46. The average molecular weight is 396 g/mol. The molecule has 2 unspecified atom stereocenters. The molecule has 2 aromatic carbocycles. The Bertz CT molecular complexity index is 810. The van der Waals surface area contributed by atoms with Crippen LogP contribution in [0.15, 0.2) is 42.5 Å². The van der Waals surface area contributed by atoms with Crippen molar-refractivity contribution in [3.8, 4) is 0 Å². The van der Waals surface area contributed by atoms with Gasteiger partial charge in [0.15, 0.2) is 0 Å². The number of β-amino-alcohol motifs (C(OH)–C–C–N with tert-alkyl or cyclic N) is 1. The van der Waals surface area contributed by atoms with E-state index in [9.17, 15) is 5.11 Å². The van der Waals surface area contributed by atoms with Crippen molar-refractivity contribution in [1.82, 2.24) is 5.32 Å². The van der Waals surface area contributed by atoms with Crippen molar-refractivity contribution in [2.45, 2.75) is 71.6 Å². The summed E-state index contributed by atoms with van der Waals surface area (Å²) in [4.78, 5) is 0. The number of rotatable bonds is 10. The Morgan fingerprint density at radius 1 is 1.03 bits per heavy atom. The number of aliphatic hydroxyl groups is 1. The zero-order valence-electron chi connectivity index (χ0n) is 18.7. The third-order valence-electron chi connectivity index (χ3n) is 6.05. The van der Waals surface area contributed by atoms with E-state index in [0.717, 1.165) is 6.42 Å². The van der Waals surface area contributed by atoms with Crippen molar-refractivity contribution in [2.24, 2.45) is 5.92 Å². The number of hydrogen-bond acceptors (Lipinski definition) is 3. The summed E-state index contributed by atoms with van der Waals surface area (Å²) in [6.07, 6.45) is 2.95. The van der Waals surface area contributed by atoms with Gasteiger partial charge < -0.3 is 15.2 Å². The molecule has 2 N–H and O–H groups in total. The lowest BCUT2D eigenvalue weighted by atomic mass is 9.93. The van der Waals surface area contributed by atoms with Crippen LogP contribution < -0.4 is 5.32 Å². The van der Waals surface area contributed by atoms with Gasteiger partial charge in [-0.3, -0.25) is 0 Å². The molecule has 2 atom stereocenters. The van der Waals surface area contributed by atoms with Crippen molar-refractivity contribution < 1.29 is 9.84 Å². The van der Waals surface area contributed by atoms with E-state index in [1.165, 1.54) is 40.7 Å². The minimum Gasteiger partial charge on any atom is -0.389 e. The van der Waals surface area contributed by atoms with Crippen molar-refractivity contribution >= 4 is 0 Å². The van der Waals surface area contributed by atoms with Gasteiger partial charge >= 0.3 is 0 Å². The standard InChI is InChI=1S/C26H37NO2/c1-18-10-11-21(14-20(18)3)15-26(4,5)27-16-23(28)17-29-25(22-12-13-22)24-9-7-6-8-19(24)2/h6-11,14,22-23,25,27-28H,12-13,15-17H2,1-5H3. The highest BCUT2D eigenvalue weighted by molar-refractivity contribution is 5.31. The molecule has 3 nitrogen and oxygen atoms in total. The number of nitrogens with one attached hydrogen (secondary N) is 1. The third-order valence-corrected chi connectivity index (χ3v) is 6.05. The summed E-state index contributed by atoms with van der Waals surface area (Å²) in [5, 5.41) is 14.1. The van der Waals surface area contributed by atoms with Crippen LogP contribution >= 0.6 is 0 Å². The molecule has 1 saturated carbocycles. The van der Waals surface area contributed by atoms with Crippen LogP contribution in [0.5, 0.6) is 0 Å². The first-order valence-corrected chi connectivity index (χ1v) is 10.9. The molecular formula is C26H37NO2. The molecule has 1 fully saturated rings. The fourth-order valence-electron chi connectivity index (χ4n) is 3.94. The number of aryl methyl sites for hydroxylation is 3. The van der Waals surface area contributed by atoms with E-state index in [-0.39, 0.29) is 11.6 Å². The first-order valence-electron chi connectivity index (χ1n) is 10.9. The summed E-state index contributed by atoms with van der Waals surface area (Å²) in [6.45, 7) is 11.7. The van der Waals surface area contributed by atoms with E-state index >= 15 is 0 Å². The van der Waals surface area contributed by atoms with Crippen LogP contribution in [0.2, 0.25) is 0 Å². The van der Waals surface area contributed by atoms with E-state index in [1.807, 2.05) is 0 Å². The number of aliphatic hydroxyl groups excluding tert-OH is 1. The van der Waals surface area contributed by atoms with Crippen molar-refractivity contribution in [2.75, 3.05) is 13.2 Å². The highest BCUT2D eigenvalue weighted by Gasteiger charge is 2.34. The lowest BCUT2D eigenvalue weighted by molar-refractivity contribution is -0.0213. The second-order valence-electron chi connectivity index (χ2n) is 9.46. The molecule has 3 heteroatoms. The van der Waals surface area contributed by atoms with Gasteiger partial charge in [-0.15, -0.1) is 0 Å². The predicted molar refractivity (Wildman–Crippen MR) is 120 cm³/mol. The minimum absolute atomic E-state index is 0.0887. The molecule has 0 bridgehead atoms. The zero-order valence-corrected chi connectivity index (χ0v) is 18.7. The van der Waals surface area contributed by atoms with Gasteiger partial charge in [0.05, 0.1) is 18.8 Å². The molecule has 0 radical (unpaired) electrons. The topological polar surface area (TPSA) is 41.5 Å². The van der Waals surface area contributed by atoms with Gasteiger partial charge in [0.2, 0.25) is 0 Å². The van der Waals surface area contributed by atoms with E-state index in [0.29, 0.717) is 19.1 Å². The SMILES string of the molecule is Cc1ccc(CC(C)(C)NCC(O)COC(c2ccccc2C)C2CC2)cc1C. The number of hydrogen-bond donors (Lipinski definition) is 2.